The molecule has 0 radical (unpaired) electrons. The second kappa shape index (κ2) is 3.81. The molecule has 0 aliphatic heterocycles. The third-order valence-electron chi connectivity index (χ3n) is 3.44. The summed E-state index contributed by atoms with van der Waals surface area (Å²) in [4.78, 5) is 11.8. The lowest BCUT2D eigenvalue weighted by molar-refractivity contribution is -0.146. The van der Waals surface area contributed by atoms with Gasteiger partial charge in [0.05, 0.1) is 19.6 Å². The van der Waals surface area contributed by atoms with Crippen LogP contribution in [0.5, 0.6) is 5.75 Å². The van der Waals surface area contributed by atoms with Gasteiger partial charge in [0.1, 0.15) is 5.75 Å². The fourth-order valence-corrected chi connectivity index (χ4v) is 2.40. The van der Waals surface area contributed by atoms with E-state index in [9.17, 15) is 4.79 Å². The van der Waals surface area contributed by atoms with E-state index in [1.807, 2.05) is 25.1 Å². The standard InChI is InChI=1S/C13H16O3/c1-13(12(14)16-3)7-6-9-8-10(15-2)4-5-11(9)13/h4-5,8H,6-7H2,1-3H3. The second-order valence-corrected chi connectivity index (χ2v) is 4.35. The van der Waals surface area contributed by atoms with Crippen LogP contribution in [0.4, 0.5) is 0 Å². The summed E-state index contributed by atoms with van der Waals surface area (Å²) in [6.45, 7) is 1.94. The molecule has 1 aromatic carbocycles. The Kier molecular flexibility index (Phi) is 2.62. The molecule has 1 aliphatic carbocycles. The minimum Gasteiger partial charge on any atom is -0.497 e. The number of fused-ring (bicyclic) bond motifs is 1. The number of esters is 1. The zero-order valence-electron chi connectivity index (χ0n) is 9.87. The maximum Gasteiger partial charge on any atom is 0.316 e. The molecule has 16 heavy (non-hydrogen) atoms. The van der Waals surface area contributed by atoms with Crippen molar-refractivity contribution in [2.45, 2.75) is 25.2 Å². The van der Waals surface area contributed by atoms with Crippen LogP contribution in [0.1, 0.15) is 24.5 Å². The van der Waals surface area contributed by atoms with Crippen LogP contribution in [0.3, 0.4) is 0 Å². The normalized spacial score (nSPS) is 22.7. The van der Waals surface area contributed by atoms with Gasteiger partial charge in [-0.2, -0.15) is 0 Å². The summed E-state index contributed by atoms with van der Waals surface area (Å²) >= 11 is 0. The van der Waals surface area contributed by atoms with Gasteiger partial charge >= 0.3 is 5.97 Å². The van der Waals surface area contributed by atoms with Crippen LogP contribution in [0.2, 0.25) is 0 Å². The van der Waals surface area contributed by atoms with Crippen molar-refractivity contribution in [1.29, 1.82) is 0 Å². The molecule has 3 nitrogen and oxygen atoms in total. The number of ether oxygens (including phenoxy) is 2. The summed E-state index contributed by atoms with van der Waals surface area (Å²) in [5, 5.41) is 0. The number of hydrogen-bond donors (Lipinski definition) is 0. The Morgan fingerprint density at radius 1 is 1.38 bits per heavy atom. The van der Waals surface area contributed by atoms with Gasteiger partial charge in [0.25, 0.3) is 0 Å². The molecule has 0 N–H and O–H groups in total. The Hall–Kier alpha value is -1.51. The summed E-state index contributed by atoms with van der Waals surface area (Å²) in [7, 11) is 3.09. The molecular formula is C13H16O3. The van der Waals surface area contributed by atoms with E-state index in [1.165, 1.54) is 12.7 Å². The first-order valence-electron chi connectivity index (χ1n) is 5.37. The molecule has 0 aromatic heterocycles. The predicted octanol–water partition coefficient (Wildman–Crippen LogP) is 2.07. The number of methoxy groups -OCH3 is 2. The minimum absolute atomic E-state index is 0.156. The molecule has 0 fully saturated rings. The van der Waals surface area contributed by atoms with Crippen molar-refractivity contribution in [1.82, 2.24) is 0 Å². The largest absolute Gasteiger partial charge is 0.497 e. The highest BCUT2D eigenvalue weighted by Gasteiger charge is 2.42. The smallest absolute Gasteiger partial charge is 0.316 e. The quantitative estimate of drug-likeness (QED) is 0.716. The van der Waals surface area contributed by atoms with Gasteiger partial charge in [-0.3, -0.25) is 4.79 Å². The number of rotatable bonds is 2. The molecule has 0 bridgehead atoms. The van der Waals surface area contributed by atoms with Crippen LogP contribution >= 0.6 is 0 Å². The van der Waals surface area contributed by atoms with E-state index < -0.39 is 5.41 Å². The summed E-state index contributed by atoms with van der Waals surface area (Å²) in [5.74, 6) is 0.685. The maximum atomic E-state index is 11.8. The summed E-state index contributed by atoms with van der Waals surface area (Å²) in [6.07, 6.45) is 1.71. The highest BCUT2D eigenvalue weighted by molar-refractivity contribution is 5.84. The van der Waals surface area contributed by atoms with Crippen molar-refractivity contribution in [3.05, 3.63) is 29.3 Å². The summed E-state index contributed by atoms with van der Waals surface area (Å²) in [6, 6.07) is 5.87. The van der Waals surface area contributed by atoms with Crippen molar-refractivity contribution < 1.29 is 14.3 Å². The van der Waals surface area contributed by atoms with E-state index in [0.29, 0.717) is 0 Å². The van der Waals surface area contributed by atoms with E-state index in [2.05, 4.69) is 0 Å². The van der Waals surface area contributed by atoms with E-state index in [4.69, 9.17) is 9.47 Å². The Balaban J connectivity index is 2.44. The van der Waals surface area contributed by atoms with Gasteiger partial charge in [0.15, 0.2) is 0 Å². The van der Waals surface area contributed by atoms with Crippen LogP contribution in [-0.2, 0) is 21.4 Å². The molecular weight excluding hydrogens is 204 g/mol. The van der Waals surface area contributed by atoms with Crippen molar-refractivity contribution in [3.8, 4) is 5.75 Å². The number of carbonyl (C=O) groups is 1. The van der Waals surface area contributed by atoms with E-state index in [0.717, 1.165) is 24.2 Å². The Morgan fingerprint density at radius 2 is 2.12 bits per heavy atom. The monoisotopic (exact) mass is 220 g/mol. The van der Waals surface area contributed by atoms with Gasteiger partial charge in [-0.15, -0.1) is 0 Å². The van der Waals surface area contributed by atoms with Crippen LogP contribution in [0.25, 0.3) is 0 Å². The number of benzene rings is 1. The lowest BCUT2D eigenvalue weighted by Gasteiger charge is -2.22. The minimum atomic E-state index is -0.490. The van der Waals surface area contributed by atoms with Gasteiger partial charge in [-0.05, 0) is 43.0 Å². The average molecular weight is 220 g/mol. The first-order chi connectivity index (χ1) is 7.61. The predicted molar refractivity (Wildman–Crippen MR) is 60.7 cm³/mol. The molecule has 0 saturated carbocycles. The first kappa shape index (κ1) is 11.0. The maximum absolute atomic E-state index is 11.8. The van der Waals surface area contributed by atoms with Crippen LogP contribution in [0, 0.1) is 0 Å². The third kappa shape index (κ3) is 1.47. The first-order valence-corrected chi connectivity index (χ1v) is 5.37. The Bertz CT molecular complexity index is 425. The fourth-order valence-electron chi connectivity index (χ4n) is 2.40. The molecule has 0 heterocycles. The molecule has 2 rings (SSSR count). The van der Waals surface area contributed by atoms with Gasteiger partial charge in [0, 0.05) is 0 Å². The van der Waals surface area contributed by atoms with Gasteiger partial charge in [-0.1, -0.05) is 6.07 Å². The van der Waals surface area contributed by atoms with Crippen LogP contribution < -0.4 is 4.74 Å². The lowest BCUT2D eigenvalue weighted by atomic mass is 9.84. The summed E-state index contributed by atoms with van der Waals surface area (Å²) < 4.78 is 10.1. The van der Waals surface area contributed by atoms with Crippen molar-refractivity contribution in [2.75, 3.05) is 14.2 Å². The zero-order chi connectivity index (χ0) is 11.8. The Morgan fingerprint density at radius 3 is 2.75 bits per heavy atom. The van der Waals surface area contributed by atoms with Crippen LogP contribution in [-0.4, -0.2) is 20.2 Å². The molecule has 1 aliphatic rings. The van der Waals surface area contributed by atoms with Crippen LogP contribution in [0.15, 0.2) is 18.2 Å². The molecule has 1 aromatic rings. The van der Waals surface area contributed by atoms with Gasteiger partial charge in [-0.25, -0.2) is 0 Å². The highest BCUT2D eigenvalue weighted by Crippen LogP contribution is 2.40. The number of carbonyl (C=O) groups excluding carboxylic acids is 1. The summed E-state index contributed by atoms with van der Waals surface area (Å²) in [5.41, 5.74) is 1.77. The number of hydrogen-bond acceptors (Lipinski definition) is 3. The topological polar surface area (TPSA) is 35.5 Å². The zero-order valence-corrected chi connectivity index (χ0v) is 9.87. The lowest BCUT2D eigenvalue weighted by Crippen LogP contribution is -2.31. The van der Waals surface area contributed by atoms with Crippen molar-refractivity contribution in [3.63, 3.8) is 0 Å². The molecule has 1 unspecified atom stereocenters. The van der Waals surface area contributed by atoms with E-state index in [1.54, 1.807) is 7.11 Å². The average Bonchev–Trinajstić information content (AvgIpc) is 2.66. The fraction of sp³-hybridized carbons (Fsp3) is 0.462. The molecule has 0 amide bonds. The van der Waals surface area contributed by atoms with E-state index >= 15 is 0 Å². The third-order valence-corrected chi connectivity index (χ3v) is 3.44. The molecule has 0 saturated heterocycles. The second-order valence-electron chi connectivity index (χ2n) is 4.35. The SMILES string of the molecule is COC(=O)C1(C)CCc2cc(OC)ccc21. The number of aryl methyl sites for hydroxylation is 1. The molecule has 1 atom stereocenters. The van der Waals surface area contributed by atoms with Gasteiger partial charge in [0.2, 0.25) is 0 Å². The highest BCUT2D eigenvalue weighted by atomic mass is 16.5. The Labute approximate surface area is 95.4 Å². The molecule has 3 heteroatoms. The van der Waals surface area contributed by atoms with Crippen molar-refractivity contribution in [2.24, 2.45) is 0 Å². The van der Waals surface area contributed by atoms with Crippen molar-refractivity contribution >= 4 is 5.97 Å². The molecule has 86 valence electrons. The van der Waals surface area contributed by atoms with Gasteiger partial charge < -0.3 is 9.47 Å². The van der Waals surface area contributed by atoms with E-state index in [-0.39, 0.29) is 5.97 Å². The molecule has 0 spiro atoms.